The van der Waals surface area contributed by atoms with E-state index in [-0.39, 0.29) is 0 Å². The van der Waals surface area contributed by atoms with Crippen molar-refractivity contribution in [1.82, 2.24) is 14.5 Å². The summed E-state index contributed by atoms with van der Waals surface area (Å²) in [5, 5.41) is 7.97. The average molecular weight is 333 g/mol. The standard InChI is InChI=1S/C16H19N3O3S/c1-2-3-6-15-17-18-16(22-15)13-7-9-14(10-8-13)23(20,21)19-11-4-5-12-19/h2,7-10H,1,3-6,11-12H2. The van der Waals surface area contributed by atoms with E-state index in [1.807, 2.05) is 0 Å². The first-order chi connectivity index (χ1) is 11.1. The van der Waals surface area contributed by atoms with Gasteiger partial charge in [0.15, 0.2) is 0 Å². The van der Waals surface area contributed by atoms with E-state index in [1.54, 1.807) is 30.3 Å². The van der Waals surface area contributed by atoms with Crippen LogP contribution in [0.1, 0.15) is 25.2 Å². The lowest BCUT2D eigenvalue weighted by Crippen LogP contribution is -2.27. The highest BCUT2D eigenvalue weighted by atomic mass is 32.2. The van der Waals surface area contributed by atoms with Crippen molar-refractivity contribution in [2.45, 2.75) is 30.6 Å². The quantitative estimate of drug-likeness (QED) is 0.760. The van der Waals surface area contributed by atoms with Gasteiger partial charge in [-0.05, 0) is 43.5 Å². The molecule has 2 heterocycles. The molecule has 0 spiro atoms. The number of benzene rings is 1. The summed E-state index contributed by atoms with van der Waals surface area (Å²) in [6.45, 7) is 4.85. The van der Waals surface area contributed by atoms with Gasteiger partial charge in [0.25, 0.3) is 0 Å². The molecule has 0 bridgehead atoms. The molecule has 0 amide bonds. The molecule has 2 aromatic rings. The van der Waals surface area contributed by atoms with Crippen LogP contribution in [0.15, 0.2) is 46.2 Å². The monoisotopic (exact) mass is 333 g/mol. The molecule has 23 heavy (non-hydrogen) atoms. The Morgan fingerprint density at radius 3 is 2.52 bits per heavy atom. The van der Waals surface area contributed by atoms with Crippen molar-refractivity contribution in [2.75, 3.05) is 13.1 Å². The van der Waals surface area contributed by atoms with Gasteiger partial charge in [0, 0.05) is 25.1 Å². The molecule has 0 saturated carbocycles. The van der Waals surface area contributed by atoms with Crippen molar-refractivity contribution >= 4 is 10.0 Å². The second-order valence-corrected chi connectivity index (χ2v) is 7.40. The fraction of sp³-hybridized carbons (Fsp3) is 0.375. The van der Waals surface area contributed by atoms with Crippen molar-refractivity contribution in [1.29, 1.82) is 0 Å². The van der Waals surface area contributed by atoms with Gasteiger partial charge in [0.05, 0.1) is 4.90 Å². The number of aryl methyl sites for hydroxylation is 1. The molecule has 1 fully saturated rings. The van der Waals surface area contributed by atoms with E-state index in [9.17, 15) is 8.42 Å². The Morgan fingerprint density at radius 2 is 1.87 bits per heavy atom. The third kappa shape index (κ3) is 3.35. The van der Waals surface area contributed by atoms with E-state index in [1.165, 1.54) is 4.31 Å². The van der Waals surface area contributed by atoms with E-state index in [0.717, 1.165) is 19.3 Å². The van der Waals surface area contributed by atoms with Gasteiger partial charge in [-0.25, -0.2) is 8.42 Å². The van der Waals surface area contributed by atoms with Gasteiger partial charge >= 0.3 is 0 Å². The molecule has 1 saturated heterocycles. The van der Waals surface area contributed by atoms with E-state index < -0.39 is 10.0 Å². The fourth-order valence-corrected chi connectivity index (χ4v) is 4.06. The third-order valence-electron chi connectivity index (χ3n) is 3.83. The zero-order valence-corrected chi connectivity index (χ0v) is 13.6. The summed E-state index contributed by atoms with van der Waals surface area (Å²) in [5.41, 5.74) is 0.711. The Balaban J connectivity index is 1.79. The first-order valence-electron chi connectivity index (χ1n) is 7.65. The first kappa shape index (κ1) is 15.9. The smallest absolute Gasteiger partial charge is 0.247 e. The maximum atomic E-state index is 12.5. The van der Waals surface area contributed by atoms with Gasteiger partial charge < -0.3 is 4.42 Å². The van der Waals surface area contributed by atoms with Crippen LogP contribution in [0.4, 0.5) is 0 Å². The minimum Gasteiger partial charge on any atom is -0.421 e. The molecule has 7 heteroatoms. The van der Waals surface area contributed by atoms with Crippen LogP contribution in [-0.4, -0.2) is 36.0 Å². The Labute approximate surface area is 135 Å². The topological polar surface area (TPSA) is 76.3 Å². The van der Waals surface area contributed by atoms with Crippen molar-refractivity contribution in [3.05, 3.63) is 42.8 Å². The minimum absolute atomic E-state index is 0.301. The highest BCUT2D eigenvalue weighted by Gasteiger charge is 2.27. The van der Waals surface area contributed by atoms with Crippen molar-refractivity contribution in [3.63, 3.8) is 0 Å². The normalized spacial score (nSPS) is 15.8. The van der Waals surface area contributed by atoms with Gasteiger partial charge in [0.2, 0.25) is 21.8 Å². The Kier molecular flexibility index (Phi) is 4.58. The molecule has 0 unspecified atom stereocenters. The van der Waals surface area contributed by atoms with Gasteiger partial charge in [-0.2, -0.15) is 4.31 Å². The second-order valence-electron chi connectivity index (χ2n) is 5.46. The van der Waals surface area contributed by atoms with Crippen molar-refractivity contribution < 1.29 is 12.8 Å². The van der Waals surface area contributed by atoms with Crippen molar-refractivity contribution in [3.8, 4) is 11.5 Å². The lowest BCUT2D eigenvalue weighted by molar-refractivity contribution is 0.477. The molecule has 0 aliphatic carbocycles. The number of aromatic nitrogens is 2. The zero-order chi connectivity index (χ0) is 16.3. The summed E-state index contributed by atoms with van der Waals surface area (Å²) in [6, 6.07) is 6.59. The van der Waals surface area contributed by atoms with Crippen molar-refractivity contribution in [2.24, 2.45) is 0 Å². The number of nitrogens with zero attached hydrogens (tertiary/aromatic N) is 3. The molecule has 1 aliphatic rings. The van der Waals surface area contributed by atoms with Crippen LogP contribution in [0.25, 0.3) is 11.5 Å². The summed E-state index contributed by atoms with van der Waals surface area (Å²) in [5.74, 6) is 0.947. The van der Waals surface area contributed by atoms with E-state index in [2.05, 4.69) is 16.8 Å². The molecule has 1 aliphatic heterocycles. The average Bonchev–Trinajstić information content (AvgIpc) is 3.25. The molecule has 0 atom stereocenters. The molecular formula is C16H19N3O3S. The van der Waals surface area contributed by atoms with Gasteiger partial charge in [0.1, 0.15) is 0 Å². The zero-order valence-electron chi connectivity index (χ0n) is 12.8. The van der Waals surface area contributed by atoms with Crippen LogP contribution in [0, 0.1) is 0 Å². The molecule has 122 valence electrons. The van der Waals surface area contributed by atoms with Crippen LogP contribution in [-0.2, 0) is 16.4 Å². The predicted octanol–water partition coefficient (Wildman–Crippen LogP) is 2.64. The molecule has 1 aromatic heterocycles. The molecule has 1 aromatic carbocycles. The lowest BCUT2D eigenvalue weighted by Gasteiger charge is -2.15. The summed E-state index contributed by atoms with van der Waals surface area (Å²) in [6.07, 6.45) is 5.06. The number of sulfonamides is 1. The predicted molar refractivity (Wildman–Crippen MR) is 86.2 cm³/mol. The Hall–Kier alpha value is -1.99. The van der Waals surface area contributed by atoms with E-state index in [0.29, 0.717) is 41.8 Å². The van der Waals surface area contributed by atoms with Crippen LogP contribution in [0.5, 0.6) is 0 Å². The maximum Gasteiger partial charge on any atom is 0.247 e. The van der Waals surface area contributed by atoms with Gasteiger partial charge in [-0.15, -0.1) is 16.8 Å². The molecule has 0 radical (unpaired) electrons. The van der Waals surface area contributed by atoms with E-state index >= 15 is 0 Å². The minimum atomic E-state index is -3.39. The Morgan fingerprint density at radius 1 is 1.17 bits per heavy atom. The molecule has 3 rings (SSSR count). The highest BCUT2D eigenvalue weighted by Crippen LogP contribution is 2.24. The number of hydrogen-bond acceptors (Lipinski definition) is 5. The maximum absolute atomic E-state index is 12.5. The number of allylic oxidation sites excluding steroid dienone is 1. The fourth-order valence-electron chi connectivity index (χ4n) is 2.54. The highest BCUT2D eigenvalue weighted by molar-refractivity contribution is 7.89. The summed E-state index contributed by atoms with van der Waals surface area (Å²) in [4.78, 5) is 0.301. The van der Waals surface area contributed by atoms with Gasteiger partial charge in [-0.3, -0.25) is 0 Å². The molecular weight excluding hydrogens is 314 g/mol. The molecule has 6 nitrogen and oxygen atoms in total. The van der Waals surface area contributed by atoms with Crippen LogP contribution in [0.3, 0.4) is 0 Å². The third-order valence-corrected chi connectivity index (χ3v) is 5.75. The number of rotatable bonds is 6. The van der Waals surface area contributed by atoms with Crippen LogP contribution in [0.2, 0.25) is 0 Å². The van der Waals surface area contributed by atoms with Gasteiger partial charge in [-0.1, -0.05) is 6.08 Å². The second kappa shape index (κ2) is 6.64. The van der Waals surface area contributed by atoms with Crippen LogP contribution >= 0.6 is 0 Å². The summed E-state index contributed by atoms with van der Waals surface area (Å²) < 4.78 is 32.0. The largest absolute Gasteiger partial charge is 0.421 e. The number of hydrogen-bond donors (Lipinski definition) is 0. The summed E-state index contributed by atoms with van der Waals surface area (Å²) in [7, 11) is -3.39. The SMILES string of the molecule is C=CCCc1nnc(-c2ccc(S(=O)(=O)N3CCCC3)cc2)o1. The lowest BCUT2D eigenvalue weighted by atomic mass is 10.2. The Bertz CT molecular complexity index is 775. The summed E-state index contributed by atoms with van der Waals surface area (Å²) >= 11 is 0. The molecule has 0 N–H and O–H groups in total. The first-order valence-corrected chi connectivity index (χ1v) is 9.09. The van der Waals surface area contributed by atoms with E-state index in [4.69, 9.17) is 4.42 Å². The van der Waals surface area contributed by atoms with Crippen LogP contribution < -0.4 is 0 Å².